The highest BCUT2D eigenvalue weighted by Crippen LogP contribution is 2.22. The average Bonchev–Trinajstić information content (AvgIpc) is 2.67. The van der Waals surface area contributed by atoms with Crippen molar-refractivity contribution in [3.05, 3.63) is 64.0 Å². The highest BCUT2D eigenvalue weighted by Gasteiger charge is 2.20. The van der Waals surface area contributed by atoms with E-state index in [4.69, 9.17) is 0 Å². The Hall–Kier alpha value is -2.96. The standard InChI is InChI=1S/C19H22N4O3/c1-14-12-16(2-3-18(14)23(25)26)19(24)21-13-15-6-10-22(11-7-15)17-4-8-20-9-5-17/h2-5,8-9,12,15H,6-7,10-11,13H2,1H3,(H,21,24). The second-order valence-electron chi connectivity index (χ2n) is 6.60. The number of amides is 1. The van der Waals surface area contributed by atoms with Crippen molar-refractivity contribution in [1.29, 1.82) is 0 Å². The first-order valence-electron chi connectivity index (χ1n) is 8.73. The number of nitro benzene ring substituents is 1. The summed E-state index contributed by atoms with van der Waals surface area (Å²) in [7, 11) is 0. The zero-order valence-electron chi connectivity index (χ0n) is 14.7. The fraction of sp³-hybridized carbons (Fsp3) is 0.368. The van der Waals surface area contributed by atoms with Crippen LogP contribution in [0.15, 0.2) is 42.7 Å². The van der Waals surface area contributed by atoms with Crippen molar-refractivity contribution < 1.29 is 9.72 Å². The van der Waals surface area contributed by atoms with Crippen LogP contribution in [-0.2, 0) is 0 Å². The SMILES string of the molecule is Cc1cc(C(=O)NCC2CCN(c3ccncc3)CC2)ccc1[N+](=O)[O-]. The molecule has 1 fully saturated rings. The number of aromatic nitrogens is 1. The number of benzene rings is 1. The van der Waals surface area contributed by atoms with Crippen LogP contribution < -0.4 is 10.2 Å². The molecule has 2 aromatic rings. The molecule has 1 N–H and O–H groups in total. The van der Waals surface area contributed by atoms with Gasteiger partial charge in [-0.05, 0) is 49.9 Å². The van der Waals surface area contributed by atoms with Crippen molar-refractivity contribution in [2.75, 3.05) is 24.5 Å². The lowest BCUT2D eigenvalue weighted by molar-refractivity contribution is -0.385. The summed E-state index contributed by atoms with van der Waals surface area (Å²) in [5, 5.41) is 13.8. The number of piperidine rings is 1. The molecule has 0 atom stereocenters. The molecular formula is C19H22N4O3. The lowest BCUT2D eigenvalue weighted by atomic mass is 9.96. The summed E-state index contributed by atoms with van der Waals surface area (Å²) in [6.45, 7) is 4.19. The fourth-order valence-corrected chi connectivity index (χ4v) is 3.29. The van der Waals surface area contributed by atoms with Crippen LogP contribution in [0, 0.1) is 23.0 Å². The van der Waals surface area contributed by atoms with Gasteiger partial charge in [-0.1, -0.05) is 0 Å². The van der Waals surface area contributed by atoms with Crippen LogP contribution >= 0.6 is 0 Å². The Balaban J connectivity index is 1.50. The summed E-state index contributed by atoms with van der Waals surface area (Å²) in [6.07, 6.45) is 5.63. The maximum atomic E-state index is 12.3. The number of rotatable bonds is 5. The zero-order chi connectivity index (χ0) is 18.5. The van der Waals surface area contributed by atoms with Crippen LogP contribution in [0.3, 0.4) is 0 Å². The van der Waals surface area contributed by atoms with Gasteiger partial charge in [0, 0.05) is 54.9 Å². The summed E-state index contributed by atoms with van der Waals surface area (Å²) in [5.41, 5.74) is 2.17. The van der Waals surface area contributed by atoms with E-state index in [9.17, 15) is 14.9 Å². The summed E-state index contributed by atoms with van der Waals surface area (Å²) in [4.78, 5) is 29.1. The van der Waals surface area contributed by atoms with Gasteiger partial charge in [-0.3, -0.25) is 19.9 Å². The molecule has 7 nitrogen and oxygen atoms in total. The molecule has 136 valence electrons. The lowest BCUT2D eigenvalue weighted by Gasteiger charge is -2.33. The molecule has 0 spiro atoms. The molecular weight excluding hydrogens is 332 g/mol. The van der Waals surface area contributed by atoms with Gasteiger partial charge < -0.3 is 10.2 Å². The first kappa shape index (κ1) is 17.8. The number of pyridine rings is 1. The van der Waals surface area contributed by atoms with Crippen molar-refractivity contribution in [2.45, 2.75) is 19.8 Å². The van der Waals surface area contributed by atoms with E-state index in [-0.39, 0.29) is 11.6 Å². The van der Waals surface area contributed by atoms with Gasteiger partial charge in [0.05, 0.1) is 4.92 Å². The first-order valence-corrected chi connectivity index (χ1v) is 8.73. The van der Waals surface area contributed by atoms with Crippen molar-refractivity contribution in [1.82, 2.24) is 10.3 Å². The monoisotopic (exact) mass is 354 g/mol. The topological polar surface area (TPSA) is 88.4 Å². The minimum absolute atomic E-state index is 0.0324. The van der Waals surface area contributed by atoms with Crippen LogP contribution in [0.2, 0.25) is 0 Å². The number of nitrogens with one attached hydrogen (secondary N) is 1. The molecule has 26 heavy (non-hydrogen) atoms. The summed E-state index contributed by atoms with van der Waals surface area (Å²) in [5.74, 6) is 0.260. The predicted octanol–water partition coefficient (Wildman–Crippen LogP) is 2.94. The number of nitrogens with zero attached hydrogens (tertiary/aromatic N) is 3. The molecule has 1 aliphatic heterocycles. The van der Waals surface area contributed by atoms with E-state index in [0.717, 1.165) is 25.9 Å². The van der Waals surface area contributed by atoms with E-state index in [1.807, 2.05) is 12.1 Å². The third kappa shape index (κ3) is 4.17. The number of hydrogen-bond donors (Lipinski definition) is 1. The van der Waals surface area contributed by atoms with Gasteiger partial charge in [0.15, 0.2) is 0 Å². The van der Waals surface area contributed by atoms with Gasteiger partial charge in [-0.25, -0.2) is 0 Å². The maximum Gasteiger partial charge on any atom is 0.272 e. The average molecular weight is 354 g/mol. The Labute approximate surface area is 152 Å². The van der Waals surface area contributed by atoms with Gasteiger partial charge in [-0.2, -0.15) is 0 Å². The minimum Gasteiger partial charge on any atom is -0.371 e. The van der Waals surface area contributed by atoms with E-state index in [2.05, 4.69) is 15.2 Å². The third-order valence-corrected chi connectivity index (χ3v) is 4.85. The van der Waals surface area contributed by atoms with E-state index >= 15 is 0 Å². The lowest BCUT2D eigenvalue weighted by Crippen LogP contribution is -2.38. The van der Waals surface area contributed by atoms with E-state index in [1.165, 1.54) is 17.8 Å². The van der Waals surface area contributed by atoms with Crippen molar-refractivity contribution >= 4 is 17.3 Å². The van der Waals surface area contributed by atoms with Crippen LogP contribution in [0.5, 0.6) is 0 Å². The van der Waals surface area contributed by atoms with Gasteiger partial charge >= 0.3 is 0 Å². The first-order chi connectivity index (χ1) is 12.5. The number of carbonyl (C=O) groups is 1. The minimum atomic E-state index is -0.437. The molecule has 0 radical (unpaired) electrons. The van der Waals surface area contributed by atoms with Crippen LogP contribution in [-0.4, -0.2) is 35.4 Å². The molecule has 0 bridgehead atoms. The molecule has 3 rings (SSSR count). The summed E-state index contributed by atoms with van der Waals surface area (Å²) in [6, 6.07) is 8.49. The fourth-order valence-electron chi connectivity index (χ4n) is 3.29. The molecule has 0 saturated carbocycles. The normalized spacial score (nSPS) is 14.9. The van der Waals surface area contributed by atoms with Gasteiger partial charge in [0.1, 0.15) is 0 Å². The Bertz CT molecular complexity index is 787. The molecule has 1 aromatic heterocycles. The van der Waals surface area contributed by atoms with Crippen LogP contribution in [0.25, 0.3) is 0 Å². The second-order valence-corrected chi connectivity index (χ2v) is 6.60. The van der Waals surface area contributed by atoms with E-state index in [0.29, 0.717) is 23.6 Å². The number of hydrogen-bond acceptors (Lipinski definition) is 5. The summed E-state index contributed by atoms with van der Waals surface area (Å²) >= 11 is 0. The smallest absolute Gasteiger partial charge is 0.272 e. The Morgan fingerprint density at radius 2 is 1.96 bits per heavy atom. The van der Waals surface area contributed by atoms with Crippen molar-refractivity contribution in [3.63, 3.8) is 0 Å². The Kier molecular flexibility index (Phi) is 5.46. The number of carbonyl (C=O) groups excluding carboxylic acids is 1. The van der Waals surface area contributed by atoms with Crippen LogP contribution in [0.4, 0.5) is 11.4 Å². The Morgan fingerprint density at radius 1 is 1.27 bits per heavy atom. The van der Waals surface area contributed by atoms with E-state index < -0.39 is 4.92 Å². The highest BCUT2D eigenvalue weighted by atomic mass is 16.6. The molecule has 1 aliphatic rings. The maximum absolute atomic E-state index is 12.3. The van der Waals surface area contributed by atoms with E-state index in [1.54, 1.807) is 25.4 Å². The molecule has 0 unspecified atom stereocenters. The molecule has 0 aliphatic carbocycles. The Morgan fingerprint density at radius 3 is 2.58 bits per heavy atom. The van der Waals surface area contributed by atoms with Crippen LogP contribution in [0.1, 0.15) is 28.8 Å². The van der Waals surface area contributed by atoms with Gasteiger partial charge in [0.25, 0.3) is 11.6 Å². The molecule has 2 heterocycles. The molecule has 1 amide bonds. The predicted molar refractivity (Wildman–Crippen MR) is 99.3 cm³/mol. The zero-order valence-corrected chi connectivity index (χ0v) is 14.7. The molecule has 1 aromatic carbocycles. The second kappa shape index (κ2) is 7.95. The molecule has 1 saturated heterocycles. The highest BCUT2D eigenvalue weighted by molar-refractivity contribution is 5.94. The number of nitro groups is 1. The summed E-state index contributed by atoms with van der Waals surface area (Å²) < 4.78 is 0. The molecule has 7 heteroatoms. The number of aryl methyl sites for hydroxylation is 1. The third-order valence-electron chi connectivity index (χ3n) is 4.85. The van der Waals surface area contributed by atoms with Gasteiger partial charge in [0.2, 0.25) is 0 Å². The van der Waals surface area contributed by atoms with Crippen molar-refractivity contribution in [2.24, 2.45) is 5.92 Å². The van der Waals surface area contributed by atoms with Crippen molar-refractivity contribution in [3.8, 4) is 0 Å². The largest absolute Gasteiger partial charge is 0.371 e. The van der Waals surface area contributed by atoms with Gasteiger partial charge in [-0.15, -0.1) is 0 Å². The number of anilines is 1. The quantitative estimate of drug-likeness (QED) is 0.659.